The lowest BCUT2D eigenvalue weighted by molar-refractivity contribution is -0.385. The van der Waals surface area contributed by atoms with E-state index in [1.54, 1.807) is 11.0 Å². The highest BCUT2D eigenvalue weighted by molar-refractivity contribution is 5.69. The van der Waals surface area contributed by atoms with Crippen LogP contribution in [0, 0.1) is 17.0 Å². The first-order chi connectivity index (χ1) is 11.6. The van der Waals surface area contributed by atoms with Crippen molar-refractivity contribution in [2.75, 3.05) is 38.2 Å². The SMILES string of the molecule is COc1cc(N2CCN(C(=O)OC(C)(C)C)CC2)c(C)cc1[N+](=O)[O-]. The molecule has 0 spiro atoms. The van der Waals surface area contributed by atoms with Crippen molar-refractivity contribution in [3.05, 3.63) is 27.8 Å². The molecule has 0 N–H and O–H groups in total. The van der Waals surface area contributed by atoms with Crippen LogP contribution < -0.4 is 9.64 Å². The van der Waals surface area contributed by atoms with E-state index in [1.165, 1.54) is 13.2 Å². The maximum Gasteiger partial charge on any atom is 0.410 e. The predicted octanol–water partition coefficient (Wildman–Crippen LogP) is 2.97. The summed E-state index contributed by atoms with van der Waals surface area (Å²) in [7, 11) is 1.42. The van der Waals surface area contributed by atoms with Gasteiger partial charge in [0, 0.05) is 44.0 Å². The van der Waals surface area contributed by atoms with Crippen LogP contribution in [0.3, 0.4) is 0 Å². The van der Waals surface area contributed by atoms with E-state index in [9.17, 15) is 14.9 Å². The van der Waals surface area contributed by atoms with Gasteiger partial charge in [-0.2, -0.15) is 0 Å². The monoisotopic (exact) mass is 351 g/mol. The number of nitro benzene ring substituents is 1. The van der Waals surface area contributed by atoms with E-state index >= 15 is 0 Å². The first kappa shape index (κ1) is 18.8. The van der Waals surface area contributed by atoms with Crippen molar-refractivity contribution in [1.29, 1.82) is 0 Å². The second-order valence-corrected chi connectivity index (χ2v) is 7.02. The number of benzene rings is 1. The minimum absolute atomic E-state index is 0.0452. The lowest BCUT2D eigenvalue weighted by Gasteiger charge is -2.37. The summed E-state index contributed by atoms with van der Waals surface area (Å²) in [6.07, 6.45) is -0.315. The van der Waals surface area contributed by atoms with Gasteiger partial charge in [-0.3, -0.25) is 10.1 Å². The van der Waals surface area contributed by atoms with Crippen molar-refractivity contribution in [2.45, 2.75) is 33.3 Å². The Morgan fingerprint density at radius 2 is 1.80 bits per heavy atom. The summed E-state index contributed by atoms with van der Waals surface area (Å²) < 4.78 is 10.5. The summed E-state index contributed by atoms with van der Waals surface area (Å²) in [4.78, 5) is 26.6. The van der Waals surface area contributed by atoms with Gasteiger partial charge in [0.2, 0.25) is 0 Å². The second-order valence-electron chi connectivity index (χ2n) is 7.02. The molecular weight excluding hydrogens is 326 g/mol. The Kier molecular flexibility index (Phi) is 5.39. The second kappa shape index (κ2) is 7.16. The highest BCUT2D eigenvalue weighted by Crippen LogP contribution is 2.35. The van der Waals surface area contributed by atoms with E-state index in [0.717, 1.165) is 11.3 Å². The van der Waals surface area contributed by atoms with Gasteiger partial charge in [-0.05, 0) is 33.3 Å². The maximum absolute atomic E-state index is 12.1. The van der Waals surface area contributed by atoms with E-state index in [1.807, 2.05) is 27.7 Å². The molecule has 2 rings (SSSR count). The van der Waals surface area contributed by atoms with Gasteiger partial charge >= 0.3 is 11.8 Å². The van der Waals surface area contributed by atoms with Gasteiger partial charge in [-0.25, -0.2) is 4.79 Å². The van der Waals surface area contributed by atoms with Crippen molar-refractivity contribution in [3.8, 4) is 5.75 Å². The number of carbonyl (C=O) groups is 1. The highest BCUT2D eigenvalue weighted by atomic mass is 16.6. The molecule has 1 fully saturated rings. The van der Waals surface area contributed by atoms with E-state index < -0.39 is 10.5 Å². The average molecular weight is 351 g/mol. The number of nitro groups is 1. The molecule has 1 saturated heterocycles. The molecule has 0 saturated carbocycles. The Bertz CT molecular complexity index is 661. The average Bonchev–Trinajstić information content (AvgIpc) is 2.53. The molecule has 25 heavy (non-hydrogen) atoms. The fourth-order valence-corrected chi connectivity index (χ4v) is 2.77. The van der Waals surface area contributed by atoms with Gasteiger partial charge in [0.1, 0.15) is 5.60 Å². The lowest BCUT2D eigenvalue weighted by atomic mass is 10.1. The van der Waals surface area contributed by atoms with Crippen molar-refractivity contribution in [3.63, 3.8) is 0 Å². The standard InChI is InChI=1S/C17H25N3O5/c1-12-10-14(20(22)23)15(24-5)11-13(12)18-6-8-19(9-7-18)16(21)25-17(2,3)4/h10-11H,6-9H2,1-5H3. The van der Waals surface area contributed by atoms with Crippen LogP contribution in [0.4, 0.5) is 16.2 Å². The summed E-state index contributed by atoms with van der Waals surface area (Å²) in [6, 6.07) is 3.21. The number of ether oxygens (including phenoxy) is 2. The van der Waals surface area contributed by atoms with Crippen LogP contribution in [0.15, 0.2) is 12.1 Å². The molecule has 1 heterocycles. The first-order valence-corrected chi connectivity index (χ1v) is 8.18. The number of methoxy groups -OCH3 is 1. The summed E-state index contributed by atoms with van der Waals surface area (Å²) in [5.41, 5.74) is 1.12. The van der Waals surface area contributed by atoms with Gasteiger partial charge in [-0.1, -0.05) is 0 Å². The molecule has 0 aromatic heterocycles. The summed E-state index contributed by atoms with van der Waals surface area (Å²) in [6.45, 7) is 9.68. The van der Waals surface area contributed by atoms with E-state index in [0.29, 0.717) is 26.2 Å². The van der Waals surface area contributed by atoms with Gasteiger partial charge < -0.3 is 19.3 Å². The molecule has 1 aromatic carbocycles. The molecule has 0 aliphatic carbocycles. The van der Waals surface area contributed by atoms with Gasteiger partial charge in [0.05, 0.1) is 12.0 Å². The fourth-order valence-electron chi connectivity index (χ4n) is 2.77. The zero-order chi connectivity index (χ0) is 18.8. The van der Waals surface area contributed by atoms with E-state index in [2.05, 4.69) is 4.90 Å². The van der Waals surface area contributed by atoms with Gasteiger partial charge in [0.25, 0.3) is 0 Å². The Labute approximate surface area is 147 Å². The molecule has 0 bridgehead atoms. The number of amides is 1. The number of piperazine rings is 1. The Hall–Kier alpha value is -2.51. The fraction of sp³-hybridized carbons (Fsp3) is 0.588. The number of anilines is 1. The minimum atomic E-state index is -0.517. The van der Waals surface area contributed by atoms with Gasteiger partial charge in [-0.15, -0.1) is 0 Å². The van der Waals surface area contributed by atoms with Crippen molar-refractivity contribution in [1.82, 2.24) is 4.90 Å². The van der Waals surface area contributed by atoms with Crippen LogP contribution in [-0.4, -0.2) is 54.8 Å². The first-order valence-electron chi connectivity index (χ1n) is 8.18. The minimum Gasteiger partial charge on any atom is -0.490 e. The number of hydrogen-bond donors (Lipinski definition) is 0. The number of nitrogens with zero attached hydrogens (tertiary/aromatic N) is 3. The molecule has 0 unspecified atom stereocenters. The number of carbonyl (C=O) groups excluding carboxylic acids is 1. The summed E-state index contributed by atoms with van der Waals surface area (Å²) in [5, 5.41) is 11.1. The largest absolute Gasteiger partial charge is 0.490 e. The summed E-state index contributed by atoms with van der Waals surface area (Å²) >= 11 is 0. The molecule has 1 aromatic rings. The van der Waals surface area contributed by atoms with Crippen molar-refractivity contribution in [2.24, 2.45) is 0 Å². The van der Waals surface area contributed by atoms with Crippen LogP contribution in [-0.2, 0) is 4.74 Å². The lowest BCUT2D eigenvalue weighted by Crippen LogP contribution is -2.50. The number of hydrogen-bond acceptors (Lipinski definition) is 6. The van der Waals surface area contributed by atoms with Gasteiger partial charge in [0.15, 0.2) is 5.75 Å². The predicted molar refractivity (Wildman–Crippen MR) is 94.4 cm³/mol. The molecule has 1 amide bonds. The van der Waals surface area contributed by atoms with Crippen LogP contribution in [0.5, 0.6) is 5.75 Å². The van der Waals surface area contributed by atoms with Crippen molar-refractivity contribution >= 4 is 17.5 Å². The molecule has 0 atom stereocenters. The quantitative estimate of drug-likeness (QED) is 0.615. The molecule has 1 aliphatic heterocycles. The molecule has 138 valence electrons. The number of rotatable bonds is 3. The van der Waals surface area contributed by atoms with E-state index in [-0.39, 0.29) is 17.5 Å². The molecule has 8 heteroatoms. The smallest absolute Gasteiger partial charge is 0.410 e. The third-order valence-electron chi connectivity index (χ3n) is 3.97. The van der Waals surface area contributed by atoms with Crippen LogP contribution in [0.2, 0.25) is 0 Å². The maximum atomic E-state index is 12.1. The Morgan fingerprint density at radius 3 is 2.28 bits per heavy atom. The normalized spacial score (nSPS) is 15.1. The van der Waals surface area contributed by atoms with Crippen LogP contribution in [0.25, 0.3) is 0 Å². The molecule has 8 nitrogen and oxygen atoms in total. The zero-order valence-electron chi connectivity index (χ0n) is 15.4. The Balaban J connectivity index is 2.10. The molecular formula is C17H25N3O5. The van der Waals surface area contributed by atoms with E-state index in [4.69, 9.17) is 9.47 Å². The zero-order valence-corrected chi connectivity index (χ0v) is 15.4. The Morgan fingerprint density at radius 1 is 1.20 bits per heavy atom. The van der Waals surface area contributed by atoms with Crippen LogP contribution in [0.1, 0.15) is 26.3 Å². The van der Waals surface area contributed by atoms with Crippen molar-refractivity contribution < 1.29 is 19.2 Å². The third-order valence-corrected chi connectivity index (χ3v) is 3.97. The summed E-state index contributed by atoms with van der Waals surface area (Å²) in [5.74, 6) is 0.236. The topological polar surface area (TPSA) is 85.2 Å². The molecule has 0 radical (unpaired) electrons. The third kappa shape index (κ3) is 4.52. The number of aryl methyl sites for hydroxylation is 1. The molecule has 1 aliphatic rings. The van der Waals surface area contributed by atoms with Crippen LogP contribution >= 0.6 is 0 Å². The highest BCUT2D eigenvalue weighted by Gasteiger charge is 2.27.